The lowest BCUT2D eigenvalue weighted by molar-refractivity contribution is -0.122. The van der Waals surface area contributed by atoms with E-state index in [-0.39, 0.29) is 11.8 Å². The van der Waals surface area contributed by atoms with Crippen LogP contribution in [0.25, 0.3) is 17.0 Å². The SMILES string of the molecule is COc1ccc(N=C2S/C(=C\c3ccc(OCc4ccc(C(=O)N5CCCCC5)cc4)c(OC)c3)C(=O)N2CCc2c[nH]c3ccccc23)cc1. The van der Waals surface area contributed by atoms with Crippen molar-refractivity contribution in [1.29, 1.82) is 0 Å². The van der Waals surface area contributed by atoms with E-state index in [0.29, 0.717) is 46.7 Å². The van der Waals surface area contributed by atoms with Gasteiger partial charge in [-0.3, -0.25) is 14.5 Å². The maximum absolute atomic E-state index is 13.9. The van der Waals surface area contributed by atoms with Gasteiger partial charge in [-0.1, -0.05) is 36.4 Å². The van der Waals surface area contributed by atoms with Crippen LogP contribution in [0.2, 0.25) is 0 Å². The number of nitrogens with one attached hydrogen (secondary N) is 1. The largest absolute Gasteiger partial charge is 0.497 e. The lowest BCUT2D eigenvalue weighted by atomic mass is 10.1. The van der Waals surface area contributed by atoms with E-state index in [4.69, 9.17) is 19.2 Å². The first-order valence-corrected chi connectivity index (χ1v) is 18.0. The number of methoxy groups -OCH3 is 2. The second kappa shape index (κ2) is 15.6. The second-order valence-electron chi connectivity index (χ2n) is 12.5. The van der Waals surface area contributed by atoms with Crippen LogP contribution in [0.1, 0.15) is 46.3 Å². The number of fused-ring (bicyclic) bond motifs is 1. The van der Waals surface area contributed by atoms with Crippen molar-refractivity contribution in [2.45, 2.75) is 32.3 Å². The number of rotatable bonds is 11. The van der Waals surface area contributed by atoms with Crippen LogP contribution in [0.3, 0.4) is 0 Å². The van der Waals surface area contributed by atoms with E-state index >= 15 is 0 Å². The van der Waals surface area contributed by atoms with Crippen LogP contribution >= 0.6 is 11.8 Å². The zero-order chi connectivity index (χ0) is 35.2. The third kappa shape index (κ3) is 7.81. The minimum absolute atomic E-state index is 0.0870. The molecule has 4 aromatic carbocycles. The molecule has 5 aromatic rings. The van der Waals surface area contributed by atoms with Crippen LogP contribution in [0, 0.1) is 0 Å². The summed E-state index contributed by atoms with van der Waals surface area (Å²) in [4.78, 5) is 39.2. The first-order valence-electron chi connectivity index (χ1n) is 17.2. The van der Waals surface area contributed by atoms with Gasteiger partial charge in [-0.15, -0.1) is 0 Å². The minimum Gasteiger partial charge on any atom is -0.497 e. The van der Waals surface area contributed by atoms with Crippen molar-refractivity contribution in [3.05, 3.63) is 124 Å². The molecular formula is C41H40N4O5S. The summed E-state index contributed by atoms with van der Waals surface area (Å²) in [7, 11) is 3.23. The van der Waals surface area contributed by atoms with Gasteiger partial charge < -0.3 is 24.1 Å². The zero-order valence-electron chi connectivity index (χ0n) is 28.8. The molecule has 51 heavy (non-hydrogen) atoms. The summed E-state index contributed by atoms with van der Waals surface area (Å²) in [6.45, 7) is 2.44. The molecule has 1 N–H and O–H groups in total. The monoisotopic (exact) mass is 700 g/mol. The Balaban J connectivity index is 1.07. The third-order valence-electron chi connectivity index (χ3n) is 9.19. The normalized spacial score (nSPS) is 16.3. The van der Waals surface area contributed by atoms with E-state index in [1.807, 2.05) is 96.0 Å². The van der Waals surface area contributed by atoms with Gasteiger partial charge in [-0.2, -0.15) is 0 Å². The quantitative estimate of drug-likeness (QED) is 0.140. The van der Waals surface area contributed by atoms with Crippen molar-refractivity contribution < 1.29 is 23.8 Å². The number of benzene rings is 4. The van der Waals surface area contributed by atoms with Crippen LogP contribution in [0.5, 0.6) is 17.2 Å². The van der Waals surface area contributed by atoms with Crippen molar-refractivity contribution >= 4 is 51.4 Å². The average molecular weight is 701 g/mol. The highest BCUT2D eigenvalue weighted by Gasteiger charge is 2.33. The van der Waals surface area contributed by atoms with Crippen LogP contribution in [0.4, 0.5) is 5.69 Å². The third-order valence-corrected chi connectivity index (χ3v) is 10.2. The Kier molecular flexibility index (Phi) is 10.4. The topological polar surface area (TPSA) is 96.5 Å². The molecule has 1 aromatic heterocycles. The molecular weight excluding hydrogens is 661 g/mol. The predicted octanol–water partition coefficient (Wildman–Crippen LogP) is 8.24. The van der Waals surface area contributed by atoms with Crippen LogP contribution in [-0.2, 0) is 17.8 Å². The molecule has 0 radical (unpaired) electrons. The number of H-pyrrole nitrogens is 1. The number of hydrogen-bond donors (Lipinski definition) is 1. The summed E-state index contributed by atoms with van der Waals surface area (Å²) in [6, 6.07) is 28.9. The van der Waals surface area contributed by atoms with Gasteiger partial charge in [0.25, 0.3) is 11.8 Å². The minimum atomic E-state index is -0.103. The number of piperidine rings is 1. The summed E-state index contributed by atoms with van der Waals surface area (Å²) < 4.78 is 17.1. The van der Waals surface area contributed by atoms with E-state index in [0.717, 1.165) is 65.0 Å². The van der Waals surface area contributed by atoms with Gasteiger partial charge in [-0.25, -0.2) is 4.99 Å². The molecule has 0 atom stereocenters. The molecule has 2 aliphatic rings. The van der Waals surface area contributed by atoms with E-state index in [1.165, 1.54) is 18.2 Å². The lowest BCUT2D eigenvalue weighted by Gasteiger charge is -2.26. The number of likely N-dealkylation sites (tertiary alicyclic amines) is 1. The Morgan fingerprint density at radius 1 is 0.902 bits per heavy atom. The Hall–Kier alpha value is -5.48. The molecule has 2 aliphatic heterocycles. The molecule has 0 aliphatic carbocycles. The number of aromatic amines is 1. The van der Waals surface area contributed by atoms with Crippen molar-refractivity contribution in [3.8, 4) is 17.2 Å². The van der Waals surface area contributed by atoms with E-state index in [2.05, 4.69) is 17.1 Å². The number of thioether (sulfide) groups is 1. The summed E-state index contributed by atoms with van der Waals surface area (Å²) in [5, 5.41) is 1.77. The number of amidine groups is 1. The summed E-state index contributed by atoms with van der Waals surface area (Å²) >= 11 is 1.35. The molecule has 2 saturated heterocycles. The van der Waals surface area contributed by atoms with Gasteiger partial charge in [0, 0.05) is 42.3 Å². The van der Waals surface area contributed by atoms with Crippen LogP contribution < -0.4 is 14.2 Å². The Morgan fingerprint density at radius 3 is 2.45 bits per heavy atom. The Morgan fingerprint density at radius 2 is 1.69 bits per heavy atom. The molecule has 2 fully saturated rings. The van der Waals surface area contributed by atoms with Crippen LogP contribution in [0.15, 0.2) is 107 Å². The maximum Gasteiger partial charge on any atom is 0.266 e. The molecule has 9 nitrogen and oxygen atoms in total. The molecule has 0 bridgehead atoms. The highest BCUT2D eigenvalue weighted by molar-refractivity contribution is 8.18. The lowest BCUT2D eigenvalue weighted by Crippen LogP contribution is -2.35. The van der Waals surface area contributed by atoms with Crippen molar-refractivity contribution in [2.24, 2.45) is 4.99 Å². The Bertz CT molecular complexity index is 2080. The molecule has 0 spiro atoms. The van der Waals surface area contributed by atoms with Gasteiger partial charge in [0.1, 0.15) is 12.4 Å². The van der Waals surface area contributed by atoms with Gasteiger partial charge in [0.2, 0.25) is 0 Å². The number of ether oxygens (including phenoxy) is 3. The number of amides is 2. The number of para-hydroxylation sites is 1. The standard InChI is InChI=1S/C41H40N4O5S/c1-48-33-17-15-32(16-18-33)43-41-45(23-20-31-26-42-35-9-5-4-8-34(31)35)40(47)38(51-41)25-29-12-19-36(37(24-29)49-2)50-27-28-10-13-30(14-11-28)39(46)44-21-6-3-7-22-44/h4-5,8-19,24-26,42H,3,6-7,20-23,27H2,1-2H3/b38-25-,43-41?. The van der Waals surface area contributed by atoms with Crippen molar-refractivity contribution in [3.63, 3.8) is 0 Å². The van der Waals surface area contributed by atoms with Crippen molar-refractivity contribution in [1.82, 2.24) is 14.8 Å². The molecule has 7 rings (SSSR count). The maximum atomic E-state index is 13.9. The summed E-state index contributed by atoms with van der Waals surface area (Å²) in [5.41, 5.74) is 5.40. The number of aliphatic imine (C=N–C) groups is 1. The molecule has 2 amide bonds. The van der Waals surface area contributed by atoms with Gasteiger partial charge in [-0.05, 0) is 115 Å². The second-order valence-corrected chi connectivity index (χ2v) is 13.5. The number of nitrogens with zero attached hydrogens (tertiary/aromatic N) is 3. The first-order chi connectivity index (χ1) is 25.0. The van der Waals surface area contributed by atoms with E-state index < -0.39 is 0 Å². The van der Waals surface area contributed by atoms with Gasteiger partial charge in [0.05, 0.1) is 24.8 Å². The number of aromatic nitrogens is 1. The predicted molar refractivity (Wildman–Crippen MR) is 203 cm³/mol. The van der Waals surface area contributed by atoms with E-state index in [9.17, 15) is 9.59 Å². The molecule has 3 heterocycles. The van der Waals surface area contributed by atoms with Gasteiger partial charge in [0.15, 0.2) is 16.7 Å². The van der Waals surface area contributed by atoms with Crippen LogP contribution in [-0.4, -0.2) is 65.6 Å². The highest BCUT2D eigenvalue weighted by Crippen LogP contribution is 2.37. The number of carbonyl (C=O) groups is 2. The summed E-state index contributed by atoms with van der Waals surface area (Å²) in [6.07, 6.45) is 7.86. The summed E-state index contributed by atoms with van der Waals surface area (Å²) in [5.74, 6) is 1.86. The fraction of sp³-hybridized carbons (Fsp3) is 0.244. The van der Waals surface area contributed by atoms with Gasteiger partial charge >= 0.3 is 0 Å². The molecule has 0 unspecified atom stereocenters. The number of carbonyl (C=O) groups excluding carboxylic acids is 2. The fourth-order valence-corrected chi connectivity index (χ4v) is 7.38. The Labute approximate surface area is 301 Å². The average Bonchev–Trinajstić information content (AvgIpc) is 3.72. The van der Waals surface area contributed by atoms with E-state index in [1.54, 1.807) is 19.1 Å². The molecule has 10 heteroatoms. The highest BCUT2D eigenvalue weighted by atomic mass is 32.2. The zero-order valence-corrected chi connectivity index (χ0v) is 29.6. The first kappa shape index (κ1) is 34.0. The van der Waals surface area contributed by atoms with Crippen molar-refractivity contribution in [2.75, 3.05) is 33.9 Å². The molecule has 0 saturated carbocycles. The number of hydrogen-bond acceptors (Lipinski definition) is 7. The smallest absolute Gasteiger partial charge is 0.266 e. The fourth-order valence-electron chi connectivity index (χ4n) is 6.36. The molecule has 260 valence electrons.